The minimum Gasteiger partial charge on any atom is -0.352 e. The van der Waals surface area contributed by atoms with Gasteiger partial charge in [0.2, 0.25) is 0 Å². The summed E-state index contributed by atoms with van der Waals surface area (Å²) in [5.41, 5.74) is 4.92. The Morgan fingerprint density at radius 3 is 2.44 bits per heavy atom. The molecule has 9 heavy (non-hydrogen) atoms. The fourth-order valence-electron chi connectivity index (χ4n) is 1.06. The number of primary amides is 1. The molecule has 1 aliphatic rings. The maximum absolute atomic E-state index is 10.3. The van der Waals surface area contributed by atoms with Crippen LogP contribution in [-0.2, 0) is 0 Å². The van der Waals surface area contributed by atoms with Crippen LogP contribution < -0.4 is 11.1 Å². The average Bonchev–Trinajstić information content (AvgIpc) is 1.79. The smallest absolute Gasteiger partial charge is 0.312 e. The van der Waals surface area contributed by atoms with Gasteiger partial charge in [-0.15, -0.1) is 0 Å². The maximum Gasteiger partial charge on any atom is 0.312 e. The third-order valence-electron chi connectivity index (χ3n) is 1.95. The Labute approximate surface area is 54.6 Å². The number of carbonyl (C=O) groups is 1. The van der Waals surface area contributed by atoms with Crippen LogP contribution in [0.2, 0.25) is 0 Å². The fraction of sp³-hybridized carbons (Fsp3) is 0.833. The first kappa shape index (κ1) is 6.39. The molecule has 1 fully saturated rings. The first-order valence-corrected chi connectivity index (χ1v) is 3.26. The summed E-state index contributed by atoms with van der Waals surface area (Å²) >= 11 is 0. The summed E-state index contributed by atoms with van der Waals surface area (Å²) in [7, 11) is 0. The Morgan fingerprint density at radius 2 is 2.33 bits per heavy atom. The molecule has 1 rings (SSSR count). The highest BCUT2D eigenvalue weighted by molar-refractivity contribution is 5.72. The molecule has 2 unspecified atom stereocenters. The van der Waals surface area contributed by atoms with Crippen molar-refractivity contribution >= 4 is 6.03 Å². The molecule has 0 radical (unpaired) electrons. The number of urea groups is 1. The second-order valence-corrected chi connectivity index (χ2v) is 2.67. The van der Waals surface area contributed by atoms with E-state index in [9.17, 15) is 4.79 Å². The summed E-state index contributed by atoms with van der Waals surface area (Å²) < 4.78 is 0. The van der Waals surface area contributed by atoms with Crippen LogP contribution in [0.3, 0.4) is 0 Å². The summed E-state index contributed by atoms with van der Waals surface area (Å²) in [4.78, 5) is 10.3. The Kier molecular flexibility index (Phi) is 1.60. The van der Waals surface area contributed by atoms with Gasteiger partial charge in [0.05, 0.1) is 0 Å². The van der Waals surface area contributed by atoms with Crippen LogP contribution in [0.25, 0.3) is 0 Å². The Bertz CT molecular complexity index is 124. The van der Waals surface area contributed by atoms with Gasteiger partial charge in [-0.1, -0.05) is 6.92 Å². The van der Waals surface area contributed by atoms with Gasteiger partial charge in [0.1, 0.15) is 0 Å². The maximum atomic E-state index is 10.3. The zero-order chi connectivity index (χ0) is 6.85. The van der Waals surface area contributed by atoms with Crippen molar-refractivity contribution in [3.63, 3.8) is 0 Å². The van der Waals surface area contributed by atoms with Crippen molar-refractivity contribution < 1.29 is 4.79 Å². The first-order chi connectivity index (χ1) is 4.20. The Hall–Kier alpha value is -0.730. The van der Waals surface area contributed by atoms with Gasteiger partial charge < -0.3 is 11.1 Å². The predicted octanol–water partition coefficient (Wildman–Crippen LogP) is 0.453. The topological polar surface area (TPSA) is 55.1 Å². The van der Waals surface area contributed by atoms with Crippen molar-refractivity contribution in [1.82, 2.24) is 5.32 Å². The first-order valence-electron chi connectivity index (χ1n) is 3.26. The number of rotatable bonds is 1. The standard InChI is InChI=1S/C6H12N2O/c1-4-2-3-5(4)8-6(7)9/h4-5H,2-3H2,1H3,(H3,7,8,9). The van der Waals surface area contributed by atoms with Gasteiger partial charge in [-0.05, 0) is 18.8 Å². The van der Waals surface area contributed by atoms with Crippen molar-refractivity contribution in [1.29, 1.82) is 0 Å². The molecule has 3 nitrogen and oxygen atoms in total. The molecule has 0 aromatic heterocycles. The van der Waals surface area contributed by atoms with Gasteiger partial charge in [0.15, 0.2) is 0 Å². The molecule has 52 valence electrons. The van der Waals surface area contributed by atoms with Crippen LogP contribution in [0.1, 0.15) is 19.8 Å². The molecule has 2 atom stereocenters. The average molecular weight is 128 g/mol. The Balaban J connectivity index is 2.21. The lowest BCUT2D eigenvalue weighted by Crippen LogP contribution is -2.47. The molecule has 2 amide bonds. The second kappa shape index (κ2) is 2.25. The van der Waals surface area contributed by atoms with Gasteiger partial charge in [-0.3, -0.25) is 0 Å². The number of nitrogens with two attached hydrogens (primary N) is 1. The number of hydrogen-bond acceptors (Lipinski definition) is 1. The molecule has 0 heterocycles. The van der Waals surface area contributed by atoms with Crippen LogP contribution in [0.5, 0.6) is 0 Å². The van der Waals surface area contributed by atoms with Gasteiger partial charge in [-0.25, -0.2) is 4.79 Å². The molecule has 3 heteroatoms. The number of nitrogens with one attached hydrogen (secondary N) is 1. The molecule has 1 aliphatic carbocycles. The summed E-state index contributed by atoms with van der Waals surface area (Å²) in [5, 5.41) is 2.67. The van der Waals surface area contributed by atoms with Crippen LogP contribution >= 0.6 is 0 Å². The highest BCUT2D eigenvalue weighted by Gasteiger charge is 2.26. The molecule has 0 aromatic rings. The van der Waals surface area contributed by atoms with Crippen molar-refractivity contribution in [2.45, 2.75) is 25.8 Å². The molecule has 3 N–H and O–H groups in total. The number of hydrogen-bond donors (Lipinski definition) is 2. The Morgan fingerprint density at radius 1 is 1.67 bits per heavy atom. The molecule has 0 aromatic carbocycles. The van der Waals surface area contributed by atoms with Crippen molar-refractivity contribution in [3.8, 4) is 0 Å². The summed E-state index contributed by atoms with van der Waals surface area (Å²) in [6, 6.07) is -0.0472. The van der Waals surface area contributed by atoms with E-state index in [1.165, 1.54) is 6.42 Å². The van der Waals surface area contributed by atoms with Crippen LogP contribution in [-0.4, -0.2) is 12.1 Å². The second-order valence-electron chi connectivity index (χ2n) is 2.67. The minimum absolute atomic E-state index is 0.350. The van der Waals surface area contributed by atoms with Gasteiger partial charge >= 0.3 is 6.03 Å². The summed E-state index contributed by atoms with van der Waals surface area (Å²) in [5.74, 6) is 0.623. The fourth-order valence-corrected chi connectivity index (χ4v) is 1.06. The molecule has 0 saturated heterocycles. The van der Waals surface area contributed by atoms with E-state index in [1.807, 2.05) is 0 Å². The molecule has 1 saturated carbocycles. The van der Waals surface area contributed by atoms with Crippen molar-refractivity contribution in [2.24, 2.45) is 11.7 Å². The van der Waals surface area contributed by atoms with E-state index in [1.54, 1.807) is 0 Å². The molecule has 0 aliphatic heterocycles. The van der Waals surface area contributed by atoms with Crippen LogP contribution in [0, 0.1) is 5.92 Å². The highest BCUT2D eigenvalue weighted by Crippen LogP contribution is 2.25. The monoisotopic (exact) mass is 128 g/mol. The predicted molar refractivity (Wildman–Crippen MR) is 34.9 cm³/mol. The third-order valence-corrected chi connectivity index (χ3v) is 1.95. The molecule has 0 bridgehead atoms. The van der Waals surface area contributed by atoms with E-state index in [0.29, 0.717) is 12.0 Å². The number of amides is 2. The van der Waals surface area contributed by atoms with E-state index in [2.05, 4.69) is 12.2 Å². The van der Waals surface area contributed by atoms with Gasteiger partial charge in [0.25, 0.3) is 0 Å². The minimum atomic E-state index is -0.397. The molecular weight excluding hydrogens is 116 g/mol. The summed E-state index contributed by atoms with van der Waals surface area (Å²) in [6.07, 6.45) is 2.30. The SMILES string of the molecule is CC1CCC1NC(N)=O. The zero-order valence-electron chi connectivity index (χ0n) is 5.55. The highest BCUT2D eigenvalue weighted by atomic mass is 16.2. The van der Waals surface area contributed by atoms with E-state index in [4.69, 9.17) is 5.73 Å². The van der Waals surface area contributed by atoms with Gasteiger partial charge in [-0.2, -0.15) is 0 Å². The van der Waals surface area contributed by atoms with E-state index in [0.717, 1.165) is 6.42 Å². The zero-order valence-corrected chi connectivity index (χ0v) is 5.55. The quantitative estimate of drug-likeness (QED) is 0.529. The number of carbonyl (C=O) groups excluding carboxylic acids is 1. The van der Waals surface area contributed by atoms with E-state index >= 15 is 0 Å². The molecular formula is C6H12N2O. The van der Waals surface area contributed by atoms with E-state index < -0.39 is 6.03 Å². The van der Waals surface area contributed by atoms with Gasteiger partial charge in [0, 0.05) is 6.04 Å². The normalized spacial score (nSPS) is 33.0. The largest absolute Gasteiger partial charge is 0.352 e. The van der Waals surface area contributed by atoms with Crippen molar-refractivity contribution in [2.75, 3.05) is 0 Å². The molecule has 0 spiro atoms. The lowest BCUT2D eigenvalue weighted by atomic mass is 9.81. The third kappa shape index (κ3) is 1.34. The van der Waals surface area contributed by atoms with Crippen LogP contribution in [0.4, 0.5) is 4.79 Å². The lowest BCUT2D eigenvalue weighted by molar-refractivity contribution is 0.210. The summed E-state index contributed by atoms with van der Waals surface area (Å²) in [6.45, 7) is 2.12. The lowest BCUT2D eigenvalue weighted by Gasteiger charge is -2.33. The van der Waals surface area contributed by atoms with Crippen molar-refractivity contribution in [3.05, 3.63) is 0 Å². The van der Waals surface area contributed by atoms with Crippen LogP contribution in [0.15, 0.2) is 0 Å². The van der Waals surface area contributed by atoms with E-state index in [-0.39, 0.29) is 0 Å².